The van der Waals surface area contributed by atoms with Crippen LogP contribution < -0.4 is 5.73 Å². The van der Waals surface area contributed by atoms with E-state index in [9.17, 15) is 0 Å². The van der Waals surface area contributed by atoms with Crippen molar-refractivity contribution in [1.29, 1.82) is 0 Å². The summed E-state index contributed by atoms with van der Waals surface area (Å²) in [4.78, 5) is 2.38. The zero-order valence-electron chi connectivity index (χ0n) is 12.8. The average molecular weight is 271 g/mol. The maximum atomic E-state index is 5.80. The van der Waals surface area contributed by atoms with Crippen molar-refractivity contribution in [3.63, 3.8) is 0 Å². The first-order valence-corrected chi connectivity index (χ1v) is 7.64. The van der Waals surface area contributed by atoms with Crippen molar-refractivity contribution in [2.24, 2.45) is 11.7 Å². The fraction of sp³-hybridized carbons (Fsp3) is 0.529. The number of aryl methyl sites for hydroxylation is 1. The molecule has 0 saturated heterocycles. The summed E-state index contributed by atoms with van der Waals surface area (Å²) in [5.41, 5.74) is 11.6. The van der Waals surface area contributed by atoms with Crippen LogP contribution in [0.3, 0.4) is 0 Å². The van der Waals surface area contributed by atoms with E-state index in [-0.39, 0.29) is 0 Å². The van der Waals surface area contributed by atoms with Gasteiger partial charge in [-0.1, -0.05) is 6.92 Å². The minimum absolute atomic E-state index is 0.543. The third-order valence-corrected chi connectivity index (χ3v) is 4.48. The first-order chi connectivity index (χ1) is 9.62. The van der Waals surface area contributed by atoms with Gasteiger partial charge < -0.3 is 10.3 Å². The smallest absolute Gasteiger partial charge is 0.0486 e. The van der Waals surface area contributed by atoms with Crippen molar-refractivity contribution in [3.05, 3.63) is 35.0 Å². The highest BCUT2D eigenvalue weighted by Crippen LogP contribution is 2.31. The van der Waals surface area contributed by atoms with Gasteiger partial charge in [-0.15, -0.1) is 0 Å². The van der Waals surface area contributed by atoms with E-state index < -0.39 is 0 Å². The zero-order chi connectivity index (χ0) is 14.3. The fourth-order valence-electron chi connectivity index (χ4n) is 3.31. The van der Waals surface area contributed by atoms with Crippen molar-refractivity contribution < 1.29 is 0 Å². The Bertz CT molecular complexity index is 627. The van der Waals surface area contributed by atoms with Gasteiger partial charge in [0.05, 0.1) is 0 Å². The summed E-state index contributed by atoms with van der Waals surface area (Å²) in [5.74, 6) is 0.543. The Morgan fingerprint density at radius 3 is 2.60 bits per heavy atom. The third kappa shape index (κ3) is 2.25. The van der Waals surface area contributed by atoms with E-state index in [0.29, 0.717) is 5.92 Å². The molecule has 1 aromatic carbocycles. The number of nitrogens with zero attached hydrogens (tertiary/aromatic N) is 2. The van der Waals surface area contributed by atoms with Crippen LogP contribution in [0.2, 0.25) is 0 Å². The normalized spacial score (nSPS) is 16.8. The lowest BCUT2D eigenvalue weighted by atomic mass is 9.99. The molecule has 108 valence electrons. The van der Waals surface area contributed by atoms with Gasteiger partial charge in [0.2, 0.25) is 0 Å². The molecule has 1 aliphatic rings. The summed E-state index contributed by atoms with van der Waals surface area (Å²) in [6.45, 7) is 8.39. The predicted molar refractivity (Wildman–Crippen MR) is 84.7 cm³/mol. The Labute approximate surface area is 121 Å². The molecule has 2 aromatic rings. The molecule has 1 aliphatic heterocycles. The lowest BCUT2D eigenvalue weighted by molar-refractivity contribution is 0.353. The molecule has 0 fully saturated rings. The molecular formula is C17H25N3. The molecule has 3 heteroatoms. The van der Waals surface area contributed by atoms with Crippen LogP contribution in [0.15, 0.2) is 18.3 Å². The maximum Gasteiger partial charge on any atom is 0.0486 e. The van der Waals surface area contributed by atoms with Crippen molar-refractivity contribution in [3.8, 4) is 0 Å². The number of rotatable bonds is 4. The lowest BCUT2D eigenvalue weighted by Gasteiger charge is -2.07. The Hall–Kier alpha value is -1.32. The van der Waals surface area contributed by atoms with Gasteiger partial charge >= 0.3 is 0 Å². The minimum atomic E-state index is 0.543. The second-order valence-electron chi connectivity index (χ2n) is 6.30. The summed E-state index contributed by atoms with van der Waals surface area (Å²) in [6, 6.07) is 4.81. The molecule has 0 radical (unpaired) electrons. The fourth-order valence-corrected chi connectivity index (χ4v) is 3.31. The summed E-state index contributed by atoms with van der Waals surface area (Å²) in [6.07, 6.45) is 3.41. The van der Waals surface area contributed by atoms with Crippen LogP contribution in [0.1, 0.15) is 30.5 Å². The van der Waals surface area contributed by atoms with Gasteiger partial charge in [-0.3, -0.25) is 4.90 Å². The summed E-state index contributed by atoms with van der Waals surface area (Å²) in [5, 5.41) is 1.43. The van der Waals surface area contributed by atoms with Crippen LogP contribution in [0.5, 0.6) is 0 Å². The van der Waals surface area contributed by atoms with E-state index in [1.54, 1.807) is 0 Å². The monoisotopic (exact) mass is 271 g/mol. The van der Waals surface area contributed by atoms with Crippen LogP contribution in [0.25, 0.3) is 10.9 Å². The van der Waals surface area contributed by atoms with Gasteiger partial charge in [0.25, 0.3) is 0 Å². The molecule has 1 unspecified atom stereocenters. The zero-order valence-corrected chi connectivity index (χ0v) is 12.8. The average Bonchev–Trinajstić information content (AvgIpc) is 2.95. The highest BCUT2D eigenvalue weighted by atomic mass is 15.1. The SMILES string of the molecule is CCn1cc(CC(C)CN)c2cc3c(cc21)CN(C)C3. The molecule has 1 aromatic heterocycles. The quantitative estimate of drug-likeness (QED) is 0.928. The van der Waals surface area contributed by atoms with Gasteiger partial charge in [0.1, 0.15) is 0 Å². The Kier molecular flexibility index (Phi) is 3.57. The Morgan fingerprint density at radius 1 is 1.25 bits per heavy atom. The van der Waals surface area contributed by atoms with Crippen LogP contribution in [-0.4, -0.2) is 23.1 Å². The predicted octanol–water partition coefficient (Wildman–Crippen LogP) is 2.74. The summed E-state index contributed by atoms with van der Waals surface area (Å²) >= 11 is 0. The Balaban J connectivity index is 2.10. The Morgan fingerprint density at radius 2 is 1.95 bits per heavy atom. The van der Waals surface area contributed by atoms with Crippen LogP contribution in [0, 0.1) is 5.92 Å². The molecular weight excluding hydrogens is 246 g/mol. The largest absolute Gasteiger partial charge is 0.347 e. The topological polar surface area (TPSA) is 34.2 Å². The highest BCUT2D eigenvalue weighted by molar-refractivity contribution is 5.86. The molecule has 0 saturated carbocycles. The standard InChI is InChI=1S/C17H25N3/c1-4-20-11-15(5-12(2)8-18)16-6-13-9-19(3)10-14(13)7-17(16)20/h6-7,11-12H,4-5,8-10,18H2,1-3H3. The molecule has 3 nitrogen and oxygen atoms in total. The van der Waals surface area contributed by atoms with Crippen LogP contribution >= 0.6 is 0 Å². The van der Waals surface area contributed by atoms with E-state index in [2.05, 4.69) is 48.7 Å². The van der Waals surface area contributed by atoms with E-state index in [1.165, 1.54) is 27.6 Å². The molecule has 0 spiro atoms. The van der Waals surface area contributed by atoms with Crippen molar-refractivity contribution in [2.45, 2.75) is 39.9 Å². The molecule has 2 N–H and O–H groups in total. The van der Waals surface area contributed by atoms with Crippen molar-refractivity contribution >= 4 is 10.9 Å². The van der Waals surface area contributed by atoms with Crippen molar-refractivity contribution in [1.82, 2.24) is 9.47 Å². The number of benzene rings is 1. The maximum absolute atomic E-state index is 5.80. The molecule has 1 atom stereocenters. The van der Waals surface area contributed by atoms with Gasteiger partial charge in [0.15, 0.2) is 0 Å². The van der Waals surface area contributed by atoms with Crippen molar-refractivity contribution in [2.75, 3.05) is 13.6 Å². The molecule has 3 rings (SSSR count). The van der Waals surface area contributed by atoms with E-state index in [4.69, 9.17) is 5.73 Å². The molecule has 0 bridgehead atoms. The minimum Gasteiger partial charge on any atom is -0.347 e. The van der Waals surface area contributed by atoms with Gasteiger partial charge in [0, 0.05) is 36.7 Å². The number of nitrogens with two attached hydrogens (primary N) is 1. The lowest BCUT2D eigenvalue weighted by Crippen LogP contribution is -2.12. The van der Waals surface area contributed by atoms with E-state index in [1.807, 2.05) is 0 Å². The van der Waals surface area contributed by atoms with Gasteiger partial charge in [-0.25, -0.2) is 0 Å². The molecule has 0 aliphatic carbocycles. The second-order valence-corrected chi connectivity index (χ2v) is 6.30. The highest BCUT2D eigenvalue weighted by Gasteiger charge is 2.19. The first kappa shape index (κ1) is 13.7. The third-order valence-electron chi connectivity index (χ3n) is 4.48. The number of fused-ring (bicyclic) bond motifs is 2. The van der Waals surface area contributed by atoms with E-state index in [0.717, 1.165) is 32.6 Å². The van der Waals surface area contributed by atoms with Crippen LogP contribution in [-0.2, 0) is 26.1 Å². The molecule has 2 heterocycles. The summed E-state index contributed by atoms with van der Waals surface area (Å²) < 4.78 is 2.38. The van der Waals surface area contributed by atoms with E-state index >= 15 is 0 Å². The summed E-state index contributed by atoms with van der Waals surface area (Å²) in [7, 11) is 2.19. The number of hydrogen-bond donors (Lipinski definition) is 1. The molecule has 20 heavy (non-hydrogen) atoms. The van der Waals surface area contributed by atoms with Gasteiger partial charge in [-0.2, -0.15) is 0 Å². The molecule has 0 amide bonds. The first-order valence-electron chi connectivity index (χ1n) is 7.64. The number of hydrogen-bond acceptors (Lipinski definition) is 2. The number of aromatic nitrogens is 1. The van der Waals surface area contributed by atoms with Crippen LogP contribution in [0.4, 0.5) is 0 Å². The second kappa shape index (κ2) is 5.23. The van der Waals surface area contributed by atoms with Gasteiger partial charge in [-0.05, 0) is 61.7 Å².